The third kappa shape index (κ3) is 3.54. The summed E-state index contributed by atoms with van der Waals surface area (Å²) in [5, 5.41) is 7.61. The van der Waals surface area contributed by atoms with Crippen molar-refractivity contribution >= 4 is 34.9 Å². The zero-order chi connectivity index (χ0) is 12.8. The molecule has 1 atom stereocenters. The summed E-state index contributed by atoms with van der Waals surface area (Å²) in [5.74, 6) is -0.611. The summed E-state index contributed by atoms with van der Waals surface area (Å²) in [6, 6.07) is 3.96. The number of Topliss-reactive ketones (excluding diaryl/α,β-unsaturated/α-hetero) is 1. The Hall–Kier alpha value is -1.40. The lowest BCUT2D eigenvalue weighted by Crippen LogP contribution is -2.19. The monoisotopic (exact) mass is 280 g/mol. The number of rotatable bonds is 7. The van der Waals surface area contributed by atoms with Crippen LogP contribution in [0.3, 0.4) is 0 Å². The molecule has 0 saturated heterocycles. The molecule has 18 heavy (non-hydrogen) atoms. The van der Waals surface area contributed by atoms with Crippen LogP contribution < -0.4 is 0 Å². The van der Waals surface area contributed by atoms with Crippen molar-refractivity contribution in [1.29, 1.82) is 0 Å². The second kappa shape index (κ2) is 6.51. The standard InChI is InChI=1S/C12H12N2O2S2/c15-7-9(6-10-8-18-14-13-10)12(16)4-3-11-2-1-5-17-11/h1-2,5,7-9H,3-4,6H2. The number of aromatic nitrogens is 2. The fourth-order valence-corrected chi connectivity index (χ4v) is 2.80. The Balaban J connectivity index is 1.87. The number of aryl methyl sites for hydroxylation is 1. The van der Waals surface area contributed by atoms with Crippen molar-refractivity contribution in [2.75, 3.05) is 0 Å². The highest BCUT2D eigenvalue weighted by Gasteiger charge is 2.19. The van der Waals surface area contributed by atoms with Gasteiger partial charge in [0.15, 0.2) is 0 Å². The molecule has 0 spiro atoms. The molecule has 0 saturated carbocycles. The molecule has 0 bridgehead atoms. The molecule has 0 N–H and O–H groups in total. The summed E-state index contributed by atoms with van der Waals surface area (Å²) in [6.45, 7) is 0. The van der Waals surface area contributed by atoms with Crippen molar-refractivity contribution in [2.45, 2.75) is 19.3 Å². The first-order valence-electron chi connectivity index (χ1n) is 5.56. The maximum atomic E-state index is 11.9. The van der Waals surface area contributed by atoms with E-state index in [1.165, 1.54) is 16.4 Å². The predicted molar refractivity (Wildman–Crippen MR) is 70.8 cm³/mol. The number of thiophene rings is 1. The van der Waals surface area contributed by atoms with Crippen molar-refractivity contribution in [1.82, 2.24) is 9.59 Å². The molecule has 2 aromatic rings. The molecule has 6 heteroatoms. The van der Waals surface area contributed by atoms with Gasteiger partial charge in [-0.2, -0.15) is 0 Å². The van der Waals surface area contributed by atoms with Gasteiger partial charge in [-0.25, -0.2) is 0 Å². The molecule has 0 aliphatic rings. The number of hydrogen-bond donors (Lipinski definition) is 0. The van der Waals surface area contributed by atoms with Gasteiger partial charge in [0.1, 0.15) is 12.1 Å². The molecule has 4 nitrogen and oxygen atoms in total. The fourth-order valence-electron chi connectivity index (χ4n) is 1.62. The number of nitrogens with zero attached hydrogens (tertiary/aromatic N) is 2. The summed E-state index contributed by atoms with van der Waals surface area (Å²) in [6.07, 6.45) is 2.19. The molecule has 2 aromatic heterocycles. The molecular weight excluding hydrogens is 268 g/mol. The van der Waals surface area contributed by atoms with E-state index in [4.69, 9.17) is 0 Å². The normalized spacial score (nSPS) is 12.2. The van der Waals surface area contributed by atoms with E-state index in [-0.39, 0.29) is 5.78 Å². The number of aldehydes is 1. The molecule has 0 aromatic carbocycles. The van der Waals surface area contributed by atoms with Gasteiger partial charge in [-0.3, -0.25) is 4.79 Å². The van der Waals surface area contributed by atoms with E-state index >= 15 is 0 Å². The van der Waals surface area contributed by atoms with E-state index in [9.17, 15) is 9.59 Å². The number of hydrogen-bond acceptors (Lipinski definition) is 6. The Bertz CT molecular complexity index is 494. The highest BCUT2D eigenvalue weighted by Crippen LogP contribution is 2.14. The van der Waals surface area contributed by atoms with Crippen LogP contribution in [0.1, 0.15) is 17.0 Å². The van der Waals surface area contributed by atoms with Gasteiger partial charge >= 0.3 is 0 Å². The Kier molecular flexibility index (Phi) is 4.72. The van der Waals surface area contributed by atoms with E-state index in [0.29, 0.717) is 25.0 Å². The van der Waals surface area contributed by atoms with Gasteiger partial charge in [-0.05, 0) is 29.4 Å². The molecule has 2 heterocycles. The van der Waals surface area contributed by atoms with Crippen LogP contribution in [-0.2, 0) is 22.4 Å². The highest BCUT2D eigenvalue weighted by atomic mass is 32.1. The van der Waals surface area contributed by atoms with Crippen LogP contribution in [-0.4, -0.2) is 21.7 Å². The highest BCUT2D eigenvalue weighted by molar-refractivity contribution is 7.09. The topological polar surface area (TPSA) is 59.9 Å². The molecule has 2 rings (SSSR count). The van der Waals surface area contributed by atoms with Crippen LogP contribution in [0.5, 0.6) is 0 Å². The van der Waals surface area contributed by atoms with Crippen molar-refractivity contribution < 1.29 is 9.59 Å². The molecule has 1 unspecified atom stereocenters. The molecule has 0 amide bonds. The zero-order valence-corrected chi connectivity index (χ0v) is 11.2. The van der Waals surface area contributed by atoms with Gasteiger partial charge in [0.05, 0.1) is 11.6 Å². The maximum Gasteiger partial charge on any atom is 0.143 e. The van der Waals surface area contributed by atoms with Crippen LogP contribution in [0, 0.1) is 5.92 Å². The van der Waals surface area contributed by atoms with E-state index in [1.807, 2.05) is 17.5 Å². The first-order chi connectivity index (χ1) is 8.79. The van der Waals surface area contributed by atoms with E-state index in [1.54, 1.807) is 16.7 Å². The third-order valence-corrected chi connectivity index (χ3v) is 4.10. The quantitative estimate of drug-likeness (QED) is 0.576. The smallest absolute Gasteiger partial charge is 0.143 e. The molecular formula is C12H12N2O2S2. The summed E-state index contributed by atoms with van der Waals surface area (Å²) < 4.78 is 3.72. The van der Waals surface area contributed by atoms with Crippen molar-refractivity contribution in [3.63, 3.8) is 0 Å². The lowest BCUT2D eigenvalue weighted by molar-refractivity contribution is -0.127. The third-order valence-electron chi connectivity index (χ3n) is 2.61. The van der Waals surface area contributed by atoms with Gasteiger partial charge in [-0.1, -0.05) is 10.6 Å². The minimum absolute atomic E-state index is 0.0219. The van der Waals surface area contributed by atoms with E-state index < -0.39 is 5.92 Å². The lowest BCUT2D eigenvalue weighted by Gasteiger charge is -2.06. The minimum atomic E-state index is -0.589. The average molecular weight is 280 g/mol. The number of ketones is 1. The van der Waals surface area contributed by atoms with E-state index in [2.05, 4.69) is 9.59 Å². The first kappa shape index (κ1) is 13.0. The van der Waals surface area contributed by atoms with Crippen LogP contribution in [0.2, 0.25) is 0 Å². The Morgan fingerprint density at radius 1 is 1.50 bits per heavy atom. The van der Waals surface area contributed by atoms with Gasteiger partial charge < -0.3 is 4.79 Å². The fraction of sp³-hybridized carbons (Fsp3) is 0.333. The average Bonchev–Trinajstić information content (AvgIpc) is 3.06. The Labute approximate surface area is 113 Å². The molecule has 0 aliphatic heterocycles. The SMILES string of the molecule is O=CC(Cc1csnn1)C(=O)CCc1cccs1. The van der Waals surface area contributed by atoms with Crippen molar-refractivity contribution in [3.8, 4) is 0 Å². The lowest BCUT2D eigenvalue weighted by atomic mass is 9.97. The largest absolute Gasteiger partial charge is 0.303 e. The molecule has 0 fully saturated rings. The van der Waals surface area contributed by atoms with Gasteiger partial charge in [-0.15, -0.1) is 16.4 Å². The second-order valence-corrected chi connectivity index (χ2v) is 5.53. The predicted octanol–water partition coefficient (Wildman–Crippen LogP) is 2.16. The summed E-state index contributed by atoms with van der Waals surface area (Å²) in [4.78, 5) is 24.1. The van der Waals surface area contributed by atoms with Crippen LogP contribution in [0.15, 0.2) is 22.9 Å². The minimum Gasteiger partial charge on any atom is -0.303 e. The Morgan fingerprint density at radius 2 is 2.39 bits per heavy atom. The first-order valence-corrected chi connectivity index (χ1v) is 7.27. The summed E-state index contributed by atoms with van der Waals surface area (Å²) >= 11 is 2.86. The molecule has 0 radical (unpaired) electrons. The van der Waals surface area contributed by atoms with Crippen LogP contribution in [0.25, 0.3) is 0 Å². The summed E-state index contributed by atoms with van der Waals surface area (Å²) in [5.41, 5.74) is 0.710. The van der Waals surface area contributed by atoms with Gasteiger partial charge in [0.25, 0.3) is 0 Å². The van der Waals surface area contributed by atoms with E-state index in [0.717, 1.165) is 6.29 Å². The number of carbonyl (C=O) groups excluding carboxylic acids is 2. The second-order valence-electron chi connectivity index (χ2n) is 3.89. The van der Waals surface area contributed by atoms with Gasteiger partial charge in [0.2, 0.25) is 0 Å². The zero-order valence-electron chi connectivity index (χ0n) is 9.61. The van der Waals surface area contributed by atoms with Crippen LogP contribution >= 0.6 is 22.9 Å². The Morgan fingerprint density at radius 3 is 3.00 bits per heavy atom. The van der Waals surface area contributed by atoms with Gasteiger partial charge in [0, 0.05) is 23.1 Å². The maximum absolute atomic E-state index is 11.9. The van der Waals surface area contributed by atoms with Crippen molar-refractivity contribution in [3.05, 3.63) is 33.5 Å². The van der Waals surface area contributed by atoms with Crippen molar-refractivity contribution in [2.24, 2.45) is 5.92 Å². The summed E-state index contributed by atoms with van der Waals surface area (Å²) in [7, 11) is 0. The molecule has 0 aliphatic carbocycles. The molecule has 94 valence electrons. The number of carbonyl (C=O) groups is 2. The van der Waals surface area contributed by atoms with Crippen LogP contribution in [0.4, 0.5) is 0 Å².